The van der Waals surface area contributed by atoms with E-state index < -0.39 is 0 Å². The molecule has 0 unspecified atom stereocenters. The molecule has 0 radical (unpaired) electrons. The van der Waals surface area contributed by atoms with E-state index in [2.05, 4.69) is 5.10 Å². The number of nitrogen functional groups attached to an aromatic ring is 1. The van der Waals surface area contributed by atoms with Crippen LogP contribution in [-0.4, -0.2) is 15.7 Å². The molecule has 0 saturated heterocycles. The Labute approximate surface area is 79.1 Å². The monoisotopic (exact) mass is 191 g/mol. The lowest BCUT2D eigenvalue weighted by Crippen LogP contribution is -2.10. The van der Waals surface area contributed by atoms with Crippen LogP contribution in [0.5, 0.6) is 0 Å². The highest BCUT2D eigenvalue weighted by Gasteiger charge is 2.08. The lowest BCUT2D eigenvalue weighted by molar-refractivity contribution is 0.0926. The zero-order valence-electron chi connectivity index (χ0n) is 7.57. The summed E-state index contributed by atoms with van der Waals surface area (Å²) < 4.78 is 1.19. The molecule has 5 heteroatoms. The minimum Gasteiger partial charge on any atom is -0.399 e. The Morgan fingerprint density at radius 1 is 1.50 bits per heavy atom. The van der Waals surface area contributed by atoms with Gasteiger partial charge in [-0.2, -0.15) is 0 Å². The number of nitrogens with zero attached hydrogens (tertiary/aromatic N) is 1. The van der Waals surface area contributed by atoms with E-state index in [0.717, 1.165) is 0 Å². The van der Waals surface area contributed by atoms with Crippen LogP contribution in [0.25, 0.3) is 10.9 Å². The molecule has 0 saturated carbocycles. The highest BCUT2D eigenvalue weighted by molar-refractivity contribution is 5.91. The third kappa shape index (κ3) is 1.10. The van der Waals surface area contributed by atoms with Crippen LogP contribution >= 0.6 is 0 Å². The van der Waals surface area contributed by atoms with Gasteiger partial charge >= 0.3 is 0 Å². The summed E-state index contributed by atoms with van der Waals surface area (Å²) >= 11 is 0. The second-order valence-corrected chi connectivity index (χ2v) is 3.07. The number of fused-ring (bicyclic) bond motifs is 1. The Balaban J connectivity index is 2.93. The fourth-order valence-electron chi connectivity index (χ4n) is 1.40. The van der Waals surface area contributed by atoms with Crippen molar-refractivity contribution < 1.29 is 4.79 Å². The molecule has 14 heavy (non-hydrogen) atoms. The fourth-order valence-corrected chi connectivity index (χ4v) is 1.40. The zero-order chi connectivity index (χ0) is 10.3. The molecule has 0 atom stereocenters. The smallest absolute Gasteiger partial charge is 0.272 e. The topological polar surface area (TPSA) is 80.9 Å². The van der Waals surface area contributed by atoms with Gasteiger partial charge in [0.1, 0.15) is 0 Å². The van der Waals surface area contributed by atoms with E-state index in [-0.39, 0.29) is 11.5 Å². The molecule has 0 spiro atoms. The van der Waals surface area contributed by atoms with Gasteiger partial charge in [-0.25, -0.2) is 4.68 Å². The van der Waals surface area contributed by atoms with E-state index >= 15 is 0 Å². The summed E-state index contributed by atoms with van der Waals surface area (Å²) in [6.07, 6.45) is 0. The average Bonchev–Trinajstić information content (AvgIpc) is 2.43. The SMILES string of the molecule is CC(=O)n1[nH]c(=O)c2ccc(N)cc21. The van der Waals surface area contributed by atoms with Gasteiger partial charge < -0.3 is 5.73 Å². The molecule has 2 rings (SSSR count). The van der Waals surface area contributed by atoms with Gasteiger partial charge in [-0.15, -0.1) is 0 Å². The minimum absolute atomic E-state index is 0.247. The predicted molar refractivity (Wildman–Crippen MR) is 53.3 cm³/mol. The predicted octanol–water partition coefficient (Wildman–Crippen LogP) is 0.572. The summed E-state index contributed by atoms with van der Waals surface area (Å²) in [5, 5.41) is 2.90. The number of hydrogen-bond donors (Lipinski definition) is 2. The summed E-state index contributed by atoms with van der Waals surface area (Å²) in [4.78, 5) is 22.5. The fraction of sp³-hybridized carbons (Fsp3) is 0.111. The van der Waals surface area contributed by atoms with E-state index in [9.17, 15) is 9.59 Å². The van der Waals surface area contributed by atoms with Gasteiger partial charge in [-0.3, -0.25) is 14.7 Å². The maximum atomic E-state index is 11.3. The third-order valence-corrected chi connectivity index (χ3v) is 2.04. The zero-order valence-corrected chi connectivity index (χ0v) is 7.57. The van der Waals surface area contributed by atoms with Crippen LogP contribution in [0.4, 0.5) is 5.69 Å². The molecular formula is C9H9N3O2. The van der Waals surface area contributed by atoms with Crippen LogP contribution < -0.4 is 11.3 Å². The molecule has 0 amide bonds. The lowest BCUT2D eigenvalue weighted by Gasteiger charge is -1.98. The first-order valence-corrected chi connectivity index (χ1v) is 4.11. The van der Waals surface area contributed by atoms with Gasteiger partial charge in [0, 0.05) is 12.6 Å². The Morgan fingerprint density at radius 3 is 2.86 bits per heavy atom. The van der Waals surface area contributed by atoms with Gasteiger partial charge in [0.25, 0.3) is 5.56 Å². The summed E-state index contributed by atoms with van der Waals surface area (Å²) in [5.74, 6) is -0.247. The van der Waals surface area contributed by atoms with Gasteiger partial charge in [0.2, 0.25) is 5.91 Å². The first-order valence-electron chi connectivity index (χ1n) is 4.11. The third-order valence-electron chi connectivity index (χ3n) is 2.04. The van der Waals surface area contributed by atoms with Gasteiger partial charge in [-0.05, 0) is 18.2 Å². The average molecular weight is 191 g/mol. The molecule has 2 aromatic rings. The Kier molecular flexibility index (Phi) is 1.67. The largest absolute Gasteiger partial charge is 0.399 e. The van der Waals surface area contributed by atoms with Crippen molar-refractivity contribution >= 4 is 22.5 Å². The van der Waals surface area contributed by atoms with Crippen molar-refractivity contribution in [3.05, 3.63) is 28.6 Å². The maximum absolute atomic E-state index is 11.3. The quantitative estimate of drug-likeness (QED) is 0.597. The van der Waals surface area contributed by atoms with Crippen molar-refractivity contribution in [1.29, 1.82) is 0 Å². The number of carbonyl (C=O) groups is 1. The van der Waals surface area contributed by atoms with Crippen LogP contribution in [0, 0.1) is 0 Å². The molecule has 72 valence electrons. The number of anilines is 1. The van der Waals surface area contributed by atoms with Gasteiger partial charge in [-0.1, -0.05) is 0 Å². The molecule has 0 aliphatic heterocycles. The van der Waals surface area contributed by atoms with Crippen LogP contribution in [-0.2, 0) is 0 Å². The number of nitrogens with two attached hydrogens (primary N) is 1. The van der Waals surface area contributed by atoms with Gasteiger partial charge in [0.15, 0.2) is 0 Å². The first-order chi connectivity index (χ1) is 6.59. The lowest BCUT2D eigenvalue weighted by atomic mass is 10.2. The standard InChI is InChI=1S/C9H9N3O2/c1-5(13)12-8-4-6(10)2-3-7(8)9(14)11-12/h2-4H,10H2,1H3,(H,11,14). The molecule has 1 heterocycles. The van der Waals surface area contributed by atoms with Crippen molar-refractivity contribution in [1.82, 2.24) is 9.78 Å². The van der Waals surface area contributed by atoms with Crippen LogP contribution in [0.1, 0.15) is 11.7 Å². The number of H-pyrrole nitrogens is 1. The molecule has 1 aromatic carbocycles. The van der Waals surface area contributed by atoms with Crippen LogP contribution in [0.15, 0.2) is 23.0 Å². The van der Waals surface area contributed by atoms with E-state index in [1.807, 2.05) is 0 Å². The number of nitrogens with one attached hydrogen (secondary N) is 1. The molecule has 1 aromatic heterocycles. The molecule has 0 aliphatic rings. The summed E-state index contributed by atoms with van der Waals surface area (Å²) in [6.45, 7) is 1.37. The number of rotatable bonds is 0. The summed E-state index contributed by atoms with van der Waals surface area (Å²) in [5.41, 5.74) is 6.32. The molecule has 0 aliphatic carbocycles. The van der Waals surface area contributed by atoms with Gasteiger partial charge in [0.05, 0.1) is 10.9 Å². The summed E-state index contributed by atoms with van der Waals surface area (Å²) in [7, 11) is 0. The molecule has 3 N–H and O–H groups in total. The number of benzene rings is 1. The highest BCUT2D eigenvalue weighted by atomic mass is 16.2. The van der Waals surface area contributed by atoms with Crippen molar-refractivity contribution in [2.45, 2.75) is 6.92 Å². The van der Waals surface area contributed by atoms with Crippen LogP contribution in [0.2, 0.25) is 0 Å². The summed E-state index contributed by atoms with van der Waals surface area (Å²) in [6, 6.07) is 4.82. The van der Waals surface area contributed by atoms with Crippen LogP contribution in [0.3, 0.4) is 0 Å². The number of carbonyl (C=O) groups excluding carboxylic acids is 1. The molecule has 0 bridgehead atoms. The Bertz CT molecular complexity index is 565. The molecule has 5 nitrogen and oxygen atoms in total. The van der Waals surface area contributed by atoms with Crippen molar-refractivity contribution in [3.63, 3.8) is 0 Å². The second-order valence-electron chi connectivity index (χ2n) is 3.07. The van der Waals surface area contributed by atoms with E-state index in [1.54, 1.807) is 18.2 Å². The number of hydrogen-bond acceptors (Lipinski definition) is 3. The molecular weight excluding hydrogens is 182 g/mol. The molecule has 0 fully saturated rings. The van der Waals surface area contributed by atoms with E-state index in [4.69, 9.17) is 5.73 Å². The maximum Gasteiger partial charge on any atom is 0.272 e. The highest BCUT2D eigenvalue weighted by Crippen LogP contribution is 2.13. The van der Waals surface area contributed by atoms with E-state index in [0.29, 0.717) is 16.6 Å². The number of aromatic amines is 1. The Morgan fingerprint density at radius 2 is 2.21 bits per heavy atom. The first kappa shape index (κ1) is 8.55. The van der Waals surface area contributed by atoms with Crippen molar-refractivity contribution in [3.8, 4) is 0 Å². The normalized spacial score (nSPS) is 10.6. The minimum atomic E-state index is -0.282. The second kappa shape index (κ2) is 2.73. The van der Waals surface area contributed by atoms with E-state index in [1.165, 1.54) is 11.6 Å². The van der Waals surface area contributed by atoms with Crippen molar-refractivity contribution in [2.24, 2.45) is 0 Å². The van der Waals surface area contributed by atoms with Crippen molar-refractivity contribution in [2.75, 3.05) is 5.73 Å². The number of aromatic nitrogens is 2. The Hall–Kier alpha value is -2.04.